The predicted octanol–water partition coefficient (Wildman–Crippen LogP) is 4.99. The number of rotatable bonds is 5. The molecule has 4 rings (SSSR count). The van der Waals surface area contributed by atoms with E-state index in [9.17, 15) is 0 Å². The van der Waals surface area contributed by atoms with Crippen molar-refractivity contribution in [3.05, 3.63) is 77.2 Å². The van der Waals surface area contributed by atoms with Crippen LogP contribution in [-0.2, 0) is 17.6 Å². The maximum atomic E-state index is 5.83. The largest absolute Gasteiger partial charge is 0.475 e. The number of aliphatic imine (C=N–C) groups is 1. The second-order valence-electron chi connectivity index (χ2n) is 7.61. The maximum Gasteiger partial charge on any atom is 0.222 e. The van der Waals surface area contributed by atoms with Crippen molar-refractivity contribution in [3.63, 3.8) is 0 Å². The molecule has 1 aromatic heterocycles. The first-order valence-electron chi connectivity index (χ1n) is 9.35. The summed E-state index contributed by atoms with van der Waals surface area (Å²) < 4.78 is 11.5. The Morgan fingerprint density at radius 3 is 2.44 bits per heavy atom. The van der Waals surface area contributed by atoms with Crippen LogP contribution in [0.3, 0.4) is 0 Å². The Balaban J connectivity index is 1.60. The van der Waals surface area contributed by atoms with Gasteiger partial charge in [0.25, 0.3) is 0 Å². The summed E-state index contributed by atoms with van der Waals surface area (Å²) in [6.45, 7) is 6.66. The molecule has 4 heteroatoms. The minimum absolute atomic E-state index is 0.198. The Bertz CT molecular complexity index is 971. The van der Waals surface area contributed by atoms with Crippen molar-refractivity contribution in [2.75, 3.05) is 6.61 Å². The zero-order chi connectivity index (χ0) is 18.9. The first kappa shape index (κ1) is 17.5. The summed E-state index contributed by atoms with van der Waals surface area (Å²) in [5.74, 6) is 1.50. The van der Waals surface area contributed by atoms with Crippen LogP contribution >= 0.6 is 0 Å². The molecule has 1 aliphatic heterocycles. The quantitative estimate of drug-likeness (QED) is 0.644. The Morgan fingerprint density at radius 1 is 0.963 bits per heavy atom. The van der Waals surface area contributed by atoms with Gasteiger partial charge in [0.15, 0.2) is 0 Å². The number of ether oxygens (including phenoxy) is 1. The van der Waals surface area contributed by atoms with E-state index in [1.165, 1.54) is 16.7 Å². The van der Waals surface area contributed by atoms with Crippen LogP contribution in [0.1, 0.15) is 36.4 Å². The SMILES string of the molecule is Cc1noc(CCc2ccccc2-c2ccccc2)c1C1=NC(C)(C)CO1. The molecule has 2 aromatic carbocycles. The molecule has 138 valence electrons. The Hall–Kier alpha value is -2.88. The molecular weight excluding hydrogens is 336 g/mol. The number of hydrogen-bond donors (Lipinski definition) is 0. The summed E-state index contributed by atoms with van der Waals surface area (Å²) in [6.07, 6.45) is 1.62. The standard InChI is InChI=1S/C23H24N2O2/c1-16-21(22-24-23(2,3)15-26-22)20(27-25-16)14-13-18-11-7-8-12-19(18)17-9-5-4-6-10-17/h4-12H,13-15H2,1-3H3. The predicted molar refractivity (Wildman–Crippen MR) is 107 cm³/mol. The van der Waals surface area contributed by atoms with E-state index in [0.29, 0.717) is 12.5 Å². The normalized spacial score (nSPS) is 15.4. The number of aromatic nitrogens is 1. The van der Waals surface area contributed by atoms with Crippen molar-refractivity contribution in [2.24, 2.45) is 4.99 Å². The zero-order valence-corrected chi connectivity index (χ0v) is 16.0. The third kappa shape index (κ3) is 3.65. The molecule has 27 heavy (non-hydrogen) atoms. The monoisotopic (exact) mass is 360 g/mol. The lowest BCUT2D eigenvalue weighted by Gasteiger charge is -2.09. The smallest absolute Gasteiger partial charge is 0.222 e. The highest BCUT2D eigenvalue weighted by atomic mass is 16.5. The molecule has 0 atom stereocenters. The van der Waals surface area contributed by atoms with Gasteiger partial charge in [-0.25, -0.2) is 4.99 Å². The van der Waals surface area contributed by atoms with Gasteiger partial charge >= 0.3 is 0 Å². The zero-order valence-electron chi connectivity index (χ0n) is 16.0. The Morgan fingerprint density at radius 2 is 1.70 bits per heavy atom. The van der Waals surface area contributed by atoms with Crippen molar-refractivity contribution in [1.82, 2.24) is 5.16 Å². The summed E-state index contributed by atoms with van der Waals surface area (Å²) >= 11 is 0. The van der Waals surface area contributed by atoms with Crippen LogP contribution in [0.15, 0.2) is 64.1 Å². The van der Waals surface area contributed by atoms with E-state index in [4.69, 9.17) is 14.3 Å². The highest BCUT2D eigenvalue weighted by Crippen LogP contribution is 2.28. The van der Waals surface area contributed by atoms with Gasteiger partial charge in [0.1, 0.15) is 17.9 Å². The molecule has 3 aromatic rings. The third-order valence-corrected chi connectivity index (χ3v) is 4.84. The van der Waals surface area contributed by atoms with E-state index in [1.807, 2.05) is 13.0 Å². The first-order chi connectivity index (χ1) is 13.0. The van der Waals surface area contributed by atoms with Crippen LogP contribution in [-0.4, -0.2) is 23.2 Å². The lowest BCUT2D eigenvalue weighted by atomic mass is 9.96. The second kappa shape index (κ2) is 7.03. The summed E-state index contributed by atoms with van der Waals surface area (Å²) in [5.41, 5.74) is 5.32. The van der Waals surface area contributed by atoms with Gasteiger partial charge in [-0.15, -0.1) is 0 Å². The molecule has 0 bridgehead atoms. The average molecular weight is 360 g/mol. The Kier molecular flexibility index (Phi) is 4.56. The Labute approximate surface area is 159 Å². The fraction of sp³-hybridized carbons (Fsp3) is 0.304. The van der Waals surface area contributed by atoms with E-state index in [0.717, 1.165) is 29.9 Å². The second-order valence-corrected chi connectivity index (χ2v) is 7.61. The molecule has 0 aliphatic carbocycles. The van der Waals surface area contributed by atoms with Gasteiger partial charge in [-0.2, -0.15) is 0 Å². The fourth-order valence-electron chi connectivity index (χ4n) is 3.46. The highest BCUT2D eigenvalue weighted by Gasteiger charge is 2.31. The van der Waals surface area contributed by atoms with Crippen molar-refractivity contribution < 1.29 is 9.26 Å². The highest BCUT2D eigenvalue weighted by molar-refractivity contribution is 5.97. The molecule has 0 fully saturated rings. The van der Waals surface area contributed by atoms with Gasteiger partial charge in [0.2, 0.25) is 5.90 Å². The molecule has 0 N–H and O–H groups in total. The molecular formula is C23H24N2O2. The molecule has 4 nitrogen and oxygen atoms in total. The van der Waals surface area contributed by atoms with Gasteiger partial charge < -0.3 is 9.26 Å². The molecule has 0 radical (unpaired) electrons. The molecule has 0 spiro atoms. The van der Waals surface area contributed by atoms with Crippen LogP contribution in [0.25, 0.3) is 11.1 Å². The van der Waals surface area contributed by atoms with Crippen molar-refractivity contribution in [1.29, 1.82) is 0 Å². The van der Waals surface area contributed by atoms with E-state index in [1.54, 1.807) is 0 Å². The summed E-state index contributed by atoms with van der Waals surface area (Å²) in [6, 6.07) is 19.0. The number of aryl methyl sites for hydroxylation is 3. The lowest BCUT2D eigenvalue weighted by molar-refractivity contribution is 0.279. The van der Waals surface area contributed by atoms with Crippen molar-refractivity contribution in [3.8, 4) is 11.1 Å². The van der Waals surface area contributed by atoms with E-state index < -0.39 is 0 Å². The van der Waals surface area contributed by atoms with Gasteiger partial charge in [0, 0.05) is 6.42 Å². The summed E-state index contributed by atoms with van der Waals surface area (Å²) in [7, 11) is 0. The lowest BCUT2D eigenvalue weighted by Crippen LogP contribution is -2.17. The van der Waals surface area contributed by atoms with E-state index in [2.05, 4.69) is 67.5 Å². The topological polar surface area (TPSA) is 47.6 Å². The molecule has 0 unspecified atom stereocenters. The van der Waals surface area contributed by atoms with Crippen LogP contribution in [0.2, 0.25) is 0 Å². The van der Waals surface area contributed by atoms with Crippen molar-refractivity contribution >= 4 is 5.90 Å². The van der Waals surface area contributed by atoms with Crippen LogP contribution in [0, 0.1) is 6.92 Å². The summed E-state index contributed by atoms with van der Waals surface area (Å²) in [5, 5.41) is 4.17. The van der Waals surface area contributed by atoms with Gasteiger partial charge in [-0.05, 0) is 43.9 Å². The van der Waals surface area contributed by atoms with Crippen LogP contribution < -0.4 is 0 Å². The number of nitrogens with zero attached hydrogens (tertiary/aromatic N) is 2. The maximum absolute atomic E-state index is 5.83. The average Bonchev–Trinajstić information content (AvgIpc) is 3.22. The van der Waals surface area contributed by atoms with Crippen molar-refractivity contribution in [2.45, 2.75) is 39.2 Å². The molecule has 1 aliphatic rings. The van der Waals surface area contributed by atoms with E-state index >= 15 is 0 Å². The molecule has 2 heterocycles. The fourth-order valence-corrected chi connectivity index (χ4v) is 3.46. The van der Waals surface area contributed by atoms with Gasteiger partial charge in [0.05, 0.1) is 11.2 Å². The summed E-state index contributed by atoms with van der Waals surface area (Å²) in [4.78, 5) is 4.70. The molecule has 0 saturated heterocycles. The minimum atomic E-state index is -0.198. The number of hydrogen-bond acceptors (Lipinski definition) is 4. The van der Waals surface area contributed by atoms with Gasteiger partial charge in [-0.1, -0.05) is 59.8 Å². The minimum Gasteiger partial charge on any atom is -0.475 e. The van der Waals surface area contributed by atoms with Gasteiger partial charge in [-0.3, -0.25) is 0 Å². The third-order valence-electron chi connectivity index (χ3n) is 4.84. The van der Waals surface area contributed by atoms with Crippen LogP contribution in [0.5, 0.6) is 0 Å². The number of benzene rings is 2. The van der Waals surface area contributed by atoms with Crippen LogP contribution in [0.4, 0.5) is 0 Å². The molecule has 0 amide bonds. The van der Waals surface area contributed by atoms with E-state index in [-0.39, 0.29) is 5.54 Å². The molecule has 0 saturated carbocycles. The first-order valence-corrected chi connectivity index (χ1v) is 9.35.